The number of phenolic OH excluding ortho intramolecular Hbond substituents is 1. The molecule has 1 N–H and O–H groups in total. The highest BCUT2D eigenvalue weighted by Gasteiger charge is 2.23. The van der Waals surface area contributed by atoms with Crippen LogP contribution in [0.15, 0.2) is 77.7 Å². The molecule has 3 aromatic carbocycles. The topological polar surface area (TPSA) is 93.1 Å². The average Bonchev–Trinajstić information content (AvgIpc) is 2.82. The van der Waals surface area contributed by atoms with Crippen molar-refractivity contribution in [1.29, 1.82) is 0 Å². The lowest BCUT2D eigenvalue weighted by Gasteiger charge is -2.21. The fourth-order valence-corrected chi connectivity index (χ4v) is 4.74. The molecule has 3 aromatic rings. The van der Waals surface area contributed by atoms with Gasteiger partial charge in [-0.2, -0.15) is 4.31 Å². The summed E-state index contributed by atoms with van der Waals surface area (Å²) in [5, 5.41) is 12.3. The second kappa shape index (κ2) is 11.0. The molecule has 0 bridgehead atoms. The Labute approximate surface area is 193 Å². The smallest absolute Gasteiger partial charge is 0.507 e. The Balaban J connectivity index is 1.80. The number of phenols is 1. The summed E-state index contributed by atoms with van der Waals surface area (Å²) in [7, 11) is -2.57. The number of rotatable bonds is 9. The monoisotopic (exact) mass is 469 g/mol. The van der Waals surface area contributed by atoms with Gasteiger partial charge in [0.25, 0.3) is 0 Å². The van der Waals surface area contributed by atoms with Gasteiger partial charge < -0.3 is 14.6 Å². The number of aromatic hydroxyl groups is 1. The van der Waals surface area contributed by atoms with Crippen LogP contribution >= 0.6 is 0 Å². The number of hydrogen-bond acceptors (Lipinski definition) is 6. The maximum Gasteiger partial charge on any atom is 0.508 e. The Morgan fingerprint density at radius 1 is 1.03 bits per heavy atom. The van der Waals surface area contributed by atoms with E-state index in [-0.39, 0.29) is 30.3 Å². The van der Waals surface area contributed by atoms with Gasteiger partial charge >= 0.3 is 6.16 Å². The zero-order valence-corrected chi connectivity index (χ0v) is 19.4. The van der Waals surface area contributed by atoms with Gasteiger partial charge in [-0.25, -0.2) is 13.2 Å². The Morgan fingerprint density at radius 3 is 2.48 bits per heavy atom. The van der Waals surface area contributed by atoms with E-state index in [0.29, 0.717) is 12.0 Å². The zero-order valence-electron chi connectivity index (χ0n) is 18.6. The highest BCUT2D eigenvalue weighted by molar-refractivity contribution is 7.89. The fraction of sp³-hybridized carbons (Fsp3) is 0.240. The molecule has 0 aliphatic rings. The molecule has 0 saturated carbocycles. The summed E-state index contributed by atoms with van der Waals surface area (Å²) in [5.74, 6) is 0.155. The van der Waals surface area contributed by atoms with Crippen LogP contribution in [0.5, 0.6) is 5.75 Å². The van der Waals surface area contributed by atoms with E-state index in [9.17, 15) is 18.3 Å². The SMILES string of the molecule is COC(=O)OC/C=C/CN(CCc1ccc2ccccc2c1O)S(=O)(=O)c1ccc(C)cc1. The van der Waals surface area contributed by atoms with E-state index in [2.05, 4.69) is 4.74 Å². The minimum Gasteiger partial charge on any atom is -0.507 e. The number of carbonyl (C=O) groups is 1. The number of nitrogens with zero attached hydrogens (tertiary/aromatic N) is 1. The number of ether oxygens (including phenoxy) is 2. The summed E-state index contributed by atoms with van der Waals surface area (Å²) in [4.78, 5) is 11.2. The van der Waals surface area contributed by atoms with Gasteiger partial charge in [0.05, 0.1) is 12.0 Å². The predicted octanol–water partition coefficient (Wildman–Crippen LogP) is 4.43. The van der Waals surface area contributed by atoms with Crippen LogP contribution < -0.4 is 0 Å². The molecular weight excluding hydrogens is 442 g/mol. The Hall–Kier alpha value is -3.36. The lowest BCUT2D eigenvalue weighted by molar-refractivity contribution is 0.0817. The van der Waals surface area contributed by atoms with Crippen molar-refractivity contribution in [3.8, 4) is 5.75 Å². The third kappa shape index (κ3) is 6.12. The minimum absolute atomic E-state index is 0.0312. The van der Waals surface area contributed by atoms with Gasteiger partial charge in [0.2, 0.25) is 10.0 Å². The Morgan fingerprint density at radius 2 is 1.76 bits per heavy atom. The maximum absolute atomic E-state index is 13.3. The van der Waals surface area contributed by atoms with Gasteiger partial charge in [0.15, 0.2) is 0 Å². The molecule has 0 fully saturated rings. The van der Waals surface area contributed by atoms with Crippen LogP contribution in [0, 0.1) is 6.92 Å². The molecular formula is C25H27NO6S. The third-order valence-corrected chi connectivity index (χ3v) is 7.09. The van der Waals surface area contributed by atoms with Crippen molar-refractivity contribution in [3.63, 3.8) is 0 Å². The molecule has 7 nitrogen and oxygen atoms in total. The summed E-state index contributed by atoms with van der Waals surface area (Å²) in [6, 6.07) is 17.9. The number of carbonyl (C=O) groups excluding carboxylic acids is 1. The maximum atomic E-state index is 13.3. The van der Waals surface area contributed by atoms with Crippen LogP contribution in [0.4, 0.5) is 4.79 Å². The van der Waals surface area contributed by atoms with Crippen molar-refractivity contribution in [2.75, 3.05) is 26.8 Å². The fourth-order valence-electron chi connectivity index (χ4n) is 3.35. The minimum atomic E-state index is -3.78. The summed E-state index contributed by atoms with van der Waals surface area (Å²) in [6.07, 6.45) is 2.70. The normalized spacial score (nSPS) is 11.8. The second-order valence-electron chi connectivity index (χ2n) is 7.46. The van der Waals surface area contributed by atoms with E-state index in [1.165, 1.54) is 11.4 Å². The molecule has 3 rings (SSSR count). The number of aryl methyl sites for hydroxylation is 1. The molecule has 0 amide bonds. The lowest BCUT2D eigenvalue weighted by atomic mass is 10.0. The summed E-state index contributed by atoms with van der Waals surface area (Å²) in [6.45, 7) is 2.09. The van der Waals surface area contributed by atoms with E-state index in [1.54, 1.807) is 36.4 Å². The molecule has 0 heterocycles. The van der Waals surface area contributed by atoms with E-state index in [0.717, 1.165) is 16.3 Å². The number of methoxy groups -OCH3 is 1. The van der Waals surface area contributed by atoms with Crippen LogP contribution in [0.25, 0.3) is 10.8 Å². The van der Waals surface area contributed by atoms with Gasteiger partial charge in [-0.3, -0.25) is 0 Å². The Bertz CT molecular complexity index is 1240. The summed E-state index contributed by atoms with van der Waals surface area (Å²) in [5.41, 5.74) is 1.62. The molecule has 0 aromatic heterocycles. The standard InChI is InChI=1S/C25H27NO6S/c1-19-9-13-22(14-10-19)33(29,30)26(16-5-6-18-32-25(28)31-2)17-15-21-12-11-20-7-3-4-8-23(20)24(21)27/h3-14,27H,15-18H2,1-2H3/b6-5+. The zero-order chi connectivity index (χ0) is 23.8. The highest BCUT2D eigenvalue weighted by atomic mass is 32.2. The van der Waals surface area contributed by atoms with Crippen molar-refractivity contribution in [2.45, 2.75) is 18.2 Å². The van der Waals surface area contributed by atoms with Crippen LogP contribution in [0.2, 0.25) is 0 Å². The number of hydrogen-bond donors (Lipinski definition) is 1. The number of fused-ring (bicyclic) bond motifs is 1. The molecule has 8 heteroatoms. The summed E-state index contributed by atoms with van der Waals surface area (Å²) >= 11 is 0. The molecule has 0 aliphatic heterocycles. The van der Waals surface area contributed by atoms with Crippen LogP contribution in [0.1, 0.15) is 11.1 Å². The van der Waals surface area contributed by atoms with Crippen LogP contribution in [0.3, 0.4) is 0 Å². The van der Waals surface area contributed by atoms with Crippen molar-refractivity contribution in [2.24, 2.45) is 0 Å². The Kier molecular flexibility index (Phi) is 8.08. The van der Waals surface area contributed by atoms with Crippen molar-refractivity contribution in [3.05, 3.63) is 83.9 Å². The van der Waals surface area contributed by atoms with E-state index < -0.39 is 16.2 Å². The average molecular weight is 470 g/mol. The van der Waals surface area contributed by atoms with E-state index in [1.807, 2.05) is 43.3 Å². The molecule has 0 unspecified atom stereocenters. The molecule has 0 saturated heterocycles. The summed E-state index contributed by atoms with van der Waals surface area (Å²) < 4.78 is 37.1. The van der Waals surface area contributed by atoms with Gasteiger partial charge in [0, 0.05) is 18.5 Å². The largest absolute Gasteiger partial charge is 0.508 e. The second-order valence-corrected chi connectivity index (χ2v) is 9.40. The highest BCUT2D eigenvalue weighted by Crippen LogP contribution is 2.29. The van der Waals surface area contributed by atoms with E-state index in [4.69, 9.17) is 4.74 Å². The number of sulfonamides is 1. The van der Waals surface area contributed by atoms with Crippen LogP contribution in [-0.2, 0) is 25.9 Å². The molecule has 0 atom stereocenters. The first-order chi connectivity index (χ1) is 15.8. The first-order valence-corrected chi connectivity index (χ1v) is 11.9. The molecule has 174 valence electrons. The predicted molar refractivity (Wildman–Crippen MR) is 127 cm³/mol. The molecule has 0 aliphatic carbocycles. The van der Waals surface area contributed by atoms with Crippen molar-refractivity contribution < 1.29 is 27.8 Å². The first-order valence-electron chi connectivity index (χ1n) is 10.4. The molecule has 0 radical (unpaired) electrons. The molecule has 0 spiro atoms. The van der Waals surface area contributed by atoms with Gasteiger partial charge in [-0.05, 0) is 42.5 Å². The van der Waals surface area contributed by atoms with Gasteiger partial charge in [-0.1, -0.05) is 60.2 Å². The van der Waals surface area contributed by atoms with Crippen molar-refractivity contribution in [1.82, 2.24) is 4.31 Å². The molecule has 33 heavy (non-hydrogen) atoms. The number of benzene rings is 3. The first kappa shape index (κ1) is 24.3. The third-order valence-electron chi connectivity index (χ3n) is 5.21. The quantitative estimate of drug-likeness (QED) is 0.368. The van der Waals surface area contributed by atoms with E-state index >= 15 is 0 Å². The van der Waals surface area contributed by atoms with Crippen LogP contribution in [-0.4, -0.2) is 50.8 Å². The lowest BCUT2D eigenvalue weighted by Crippen LogP contribution is -2.33. The van der Waals surface area contributed by atoms with Gasteiger partial charge in [0.1, 0.15) is 12.4 Å². The van der Waals surface area contributed by atoms with Gasteiger partial charge in [-0.15, -0.1) is 0 Å². The van der Waals surface area contributed by atoms with Crippen molar-refractivity contribution >= 4 is 27.0 Å².